The molecule has 0 bridgehead atoms. The highest BCUT2D eigenvalue weighted by molar-refractivity contribution is 6.52. The molecule has 3 amide bonds. The highest BCUT2D eigenvalue weighted by Gasteiger charge is 2.38. The van der Waals surface area contributed by atoms with Crippen LogP contribution in [0.1, 0.15) is 28.8 Å². The summed E-state index contributed by atoms with van der Waals surface area (Å²) < 4.78 is 0. The van der Waals surface area contributed by atoms with Crippen molar-refractivity contribution in [2.24, 2.45) is 0 Å². The molecule has 1 atom stereocenters. The third kappa shape index (κ3) is 2.01. The first kappa shape index (κ1) is 12.9. The predicted octanol–water partition coefficient (Wildman–Crippen LogP) is -0.175. The van der Waals surface area contributed by atoms with Gasteiger partial charge in [0, 0.05) is 18.5 Å². The molecule has 0 saturated carbocycles. The first-order chi connectivity index (χ1) is 9.60. The van der Waals surface area contributed by atoms with Crippen molar-refractivity contribution < 1.29 is 14.4 Å². The van der Waals surface area contributed by atoms with Gasteiger partial charge in [0.2, 0.25) is 11.8 Å². The number of hydrogen-bond acceptors (Lipinski definition) is 3. The number of fused-ring (bicyclic) bond motifs is 1. The summed E-state index contributed by atoms with van der Waals surface area (Å²) in [5.74, 6) is -0.764. The molecule has 0 aromatic heterocycles. The Hall–Kier alpha value is -2.11. The van der Waals surface area contributed by atoms with Gasteiger partial charge in [0.05, 0.1) is 0 Å². The Morgan fingerprint density at radius 1 is 1.30 bits per heavy atom. The van der Waals surface area contributed by atoms with Crippen LogP contribution in [0.4, 0.5) is 0 Å². The molecule has 1 N–H and O–H groups in total. The monoisotopic (exact) mass is 269 g/mol. The van der Waals surface area contributed by atoms with E-state index in [1.807, 2.05) is 26.2 Å². The number of nitrogens with one attached hydrogen (secondary N) is 1. The van der Waals surface area contributed by atoms with Crippen LogP contribution in [-0.2, 0) is 16.1 Å². The smallest absolute Gasteiger partial charge is 0.255 e. The summed E-state index contributed by atoms with van der Waals surface area (Å²) >= 11 is 0. The third-order valence-electron chi connectivity index (χ3n) is 3.88. The standard InChI is InChI=1S/C14H14BN2O3/c1-15-9-2-3-10-8(6-9)7-17(14(10)20)11-4-5-12(18)16-13(11)19/h2-3,6,11H,4-5,7H2,1H3,(H,16,18,19). The maximum atomic E-state index is 12.4. The van der Waals surface area contributed by atoms with E-state index in [4.69, 9.17) is 0 Å². The van der Waals surface area contributed by atoms with Gasteiger partial charge in [-0.05, 0) is 18.1 Å². The molecule has 2 heterocycles. The molecular formula is C14H14BN2O3. The molecule has 1 aromatic rings. The van der Waals surface area contributed by atoms with Crippen LogP contribution in [0.3, 0.4) is 0 Å². The minimum atomic E-state index is -0.540. The lowest BCUT2D eigenvalue weighted by atomic mass is 9.73. The lowest BCUT2D eigenvalue weighted by Crippen LogP contribution is -2.52. The van der Waals surface area contributed by atoms with Crippen molar-refractivity contribution in [2.45, 2.75) is 32.3 Å². The van der Waals surface area contributed by atoms with E-state index >= 15 is 0 Å². The Balaban J connectivity index is 1.86. The molecule has 1 radical (unpaired) electrons. The van der Waals surface area contributed by atoms with E-state index in [2.05, 4.69) is 5.32 Å². The molecular weight excluding hydrogens is 255 g/mol. The quantitative estimate of drug-likeness (QED) is 0.598. The summed E-state index contributed by atoms with van der Waals surface area (Å²) in [6, 6.07) is 5.13. The molecule has 5 nitrogen and oxygen atoms in total. The second kappa shape index (κ2) is 4.78. The maximum Gasteiger partial charge on any atom is 0.255 e. The summed E-state index contributed by atoms with van der Waals surface area (Å²) in [6.45, 7) is 2.37. The van der Waals surface area contributed by atoms with E-state index in [1.54, 1.807) is 11.0 Å². The van der Waals surface area contributed by atoms with Gasteiger partial charge in [0.25, 0.3) is 5.91 Å². The molecule has 0 aliphatic carbocycles. The number of hydrogen-bond donors (Lipinski definition) is 1. The number of rotatable bonds is 2. The van der Waals surface area contributed by atoms with Crippen LogP contribution in [0.25, 0.3) is 0 Å². The average molecular weight is 269 g/mol. The largest absolute Gasteiger partial charge is 0.322 e. The lowest BCUT2D eigenvalue weighted by molar-refractivity contribution is -0.136. The Bertz CT molecular complexity index is 614. The van der Waals surface area contributed by atoms with Crippen molar-refractivity contribution in [3.63, 3.8) is 0 Å². The highest BCUT2D eigenvalue weighted by atomic mass is 16.2. The van der Waals surface area contributed by atoms with Gasteiger partial charge in [-0.1, -0.05) is 24.4 Å². The Morgan fingerprint density at radius 3 is 2.80 bits per heavy atom. The van der Waals surface area contributed by atoms with Gasteiger partial charge < -0.3 is 4.90 Å². The van der Waals surface area contributed by atoms with Gasteiger partial charge in [-0.15, -0.1) is 0 Å². The van der Waals surface area contributed by atoms with Crippen LogP contribution < -0.4 is 10.8 Å². The van der Waals surface area contributed by atoms with E-state index in [0.717, 1.165) is 11.0 Å². The van der Waals surface area contributed by atoms with E-state index in [9.17, 15) is 14.4 Å². The molecule has 20 heavy (non-hydrogen) atoms. The average Bonchev–Trinajstić information content (AvgIpc) is 2.75. The minimum Gasteiger partial charge on any atom is -0.322 e. The van der Waals surface area contributed by atoms with Crippen molar-refractivity contribution in [1.29, 1.82) is 0 Å². The summed E-state index contributed by atoms with van der Waals surface area (Å²) in [5.41, 5.74) is 2.65. The number of carbonyl (C=O) groups is 3. The van der Waals surface area contributed by atoms with Crippen molar-refractivity contribution in [1.82, 2.24) is 10.2 Å². The Labute approximate surface area is 117 Å². The summed E-state index contributed by atoms with van der Waals surface area (Å²) in [4.78, 5) is 37.0. The van der Waals surface area contributed by atoms with Crippen LogP contribution in [0, 0.1) is 0 Å². The topological polar surface area (TPSA) is 66.5 Å². The van der Waals surface area contributed by atoms with Gasteiger partial charge >= 0.3 is 0 Å². The van der Waals surface area contributed by atoms with Crippen LogP contribution in [0.2, 0.25) is 6.82 Å². The Morgan fingerprint density at radius 2 is 2.10 bits per heavy atom. The Kier molecular flexibility index (Phi) is 3.08. The number of amides is 3. The fraction of sp³-hybridized carbons (Fsp3) is 0.357. The zero-order valence-corrected chi connectivity index (χ0v) is 11.2. The van der Waals surface area contributed by atoms with Gasteiger partial charge in [-0.25, -0.2) is 0 Å². The molecule has 0 spiro atoms. The van der Waals surface area contributed by atoms with Crippen molar-refractivity contribution in [3.8, 4) is 0 Å². The molecule has 101 valence electrons. The van der Waals surface area contributed by atoms with Crippen LogP contribution in [0.5, 0.6) is 0 Å². The van der Waals surface area contributed by atoms with Gasteiger partial charge in [0.1, 0.15) is 13.3 Å². The normalized spacial score (nSPS) is 21.8. The summed E-state index contributed by atoms with van der Waals surface area (Å²) in [5, 5.41) is 2.30. The molecule has 1 unspecified atom stereocenters. The van der Waals surface area contributed by atoms with E-state index < -0.39 is 6.04 Å². The number of nitrogens with zero attached hydrogens (tertiary/aromatic N) is 1. The van der Waals surface area contributed by atoms with E-state index in [0.29, 0.717) is 18.5 Å². The number of carbonyl (C=O) groups excluding carboxylic acids is 3. The molecule has 1 aromatic carbocycles. The number of benzene rings is 1. The number of piperidine rings is 1. The van der Waals surface area contributed by atoms with Crippen LogP contribution in [-0.4, -0.2) is 35.9 Å². The van der Waals surface area contributed by atoms with Crippen LogP contribution in [0.15, 0.2) is 18.2 Å². The van der Waals surface area contributed by atoms with Gasteiger partial charge in [-0.2, -0.15) is 0 Å². The van der Waals surface area contributed by atoms with E-state index in [1.165, 1.54) is 0 Å². The minimum absolute atomic E-state index is 0.128. The molecule has 1 fully saturated rings. The molecule has 1 saturated heterocycles. The van der Waals surface area contributed by atoms with Gasteiger partial charge in [-0.3, -0.25) is 19.7 Å². The molecule has 2 aliphatic heterocycles. The van der Waals surface area contributed by atoms with Crippen molar-refractivity contribution >= 4 is 30.5 Å². The lowest BCUT2D eigenvalue weighted by Gasteiger charge is -2.29. The van der Waals surface area contributed by atoms with Crippen molar-refractivity contribution in [2.75, 3.05) is 0 Å². The molecule has 6 heteroatoms. The van der Waals surface area contributed by atoms with Gasteiger partial charge in [0.15, 0.2) is 0 Å². The first-order valence-electron chi connectivity index (χ1n) is 6.67. The zero-order chi connectivity index (χ0) is 14.3. The van der Waals surface area contributed by atoms with Crippen LogP contribution >= 0.6 is 0 Å². The maximum absolute atomic E-state index is 12.4. The number of imide groups is 1. The molecule has 3 rings (SSSR count). The van der Waals surface area contributed by atoms with Crippen molar-refractivity contribution in [3.05, 3.63) is 29.3 Å². The first-order valence-corrected chi connectivity index (χ1v) is 6.67. The highest BCUT2D eigenvalue weighted by Crippen LogP contribution is 2.26. The predicted molar refractivity (Wildman–Crippen MR) is 73.7 cm³/mol. The second-order valence-corrected chi connectivity index (χ2v) is 5.11. The SMILES string of the molecule is C[B]c1ccc2c(c1)CN(C1CCC(=O)NC1=O)C2=O. The fourth-order valence-corrected chi connectivity index (χ4v) is 2.77. The second-order valence-electron chi connectivity index (χ2n) is 5.11. The summed E-state index contributed by atoms with van der Waals surface area (Å²) in [7, 11) is 1.97. The molecule has 2 aliphatic rings. The fourth-order valence-electron chi connectivity index (χ4n) is 2.77. The summed E-state index contributed by atoms with van der Waals surface area (Å²) in [6.07, 6.45) is 0.682. The van der Waals surface area contributed by atoms with E-state index in [-0.39, 0.29) is 24.1 Å². The zero-order valence-electron chi connectivity index (χ0n) is 11.2. The third-order valence-corrected chi connectivity index (χ3v) is 3.88.